The van der Waals surface area contributed by atoms with Crippen LogP contribution in [-0.4, -0.2) is 53.0 Å². The number of hydrogen-bond acceptors (Lipinski definition) is 5. The van der Waals surface area contributed by atoms with Gasteiger partial charge in [0.15, 0.2) is 0 Å². The molecule has 1 aliphatic carbocycles. The maximum atomic E-state index is 13.0. The van der Waals surface area contributed by atoms with Crippen LogP contribution >= 0.6 is 11.3 Å². The molecule has 0 atom stereocenters. The molecule has 1 aromatic heterocycles. The van der Waals surface area contributed by atoms with Crippen molar-refractivity contribution in [1.29, 1.82) is 0 Å². The first-order valence-corrected chi connectivity index (χ1v) is 9.01. The first kappa shape index (κ1) is 16.2. The molecule has 124 valence electrons. The number of aliphatic hydroxyl groups excluding tert-OH is 1. The van der Waals surface area contributed by atoms with Gasteiger partial charge in [0.05, 0.1) is 12.2 Å². The van der Waals surface area contributed by atoms with Crippen LogP contribution in [0.4, 0.5) is 0 Å². The summed E-state index contributed by atoms with van der Waals surface area (Å²) in [7, 11) is 1.76. The lowest BCUT2D eigenvalue weighted by molar-refractivity contribution is -0.140. The highest BCUT2D eigenvalue weighted by molar-refractivity contribution is 7.11. The second-order valence-electron chi connectivity index (χ2n) is 6.12. The number of carbonyl (C=O) groups excluding carboxylic acids is 2. The Labute approximate surface area is 140 Å². The third-order valence-electron chi connectivity index (χ3n) is 4.62. The standard InChI is InChI=1S/C17H22N2O3S/c1-18(9-10-20)15-14(13-8-5-11-23-13)16(21)19(17(15)22)12-6-3-2-4-7-12/h5,8,11-12,20H,2-4,6-7,9-10H2,1H3. The van der Waals surface area contributed by atoms with E-state index in [1.807, 2.05) is 17.5 Å². The number of carbonyl (C=O) groups is 2. The molecule has 0 bridgehead atoms. The summed E-state index contributed by atoms with van der Waals surface area (Å²) in [6.45, 7) is 0.282. The van der Waals surface area contributed by atoms with Crippen LogP contribution in [0.25, 0.3) is 5.57 Å². The zero-order valence-electron chi connectivity index (χ0n) is 13.3. The Morgan fingerprint density at radius 2 is 2.00 bits per heavy atom. The van der Waals surface area contributed by atoms with Gasteiger partial charge in [-0.1, -0.05) is 25.3 Å². The first-order valence-electron chi connectivity index (χ1n) is 8.13. The first-order chi connectivity index (χ1) is 11.1. The van der Waals surface area contributed by atoms with Crippen molar-refractivity contribution in [3.63, 3.8) is 0 Å². The molecule has 0 saturated heterocycles. The summed E-state index contributed by atoms with van der Waals surface area (Å²) in [6.07, 6.45) is 5.10. The van der Waals surface area contributed by atoms with Crippen LogP contribution in [-0.2, 0) is 9.59 Å². The number of likely N-dealkylation sites (N-methyl/N-ethyl adjacent to an activating group) is 1. The molecule has 1 aliphatic heterocycles. The fourth-order valence-electron chi connectivity index (χ4n) is 3.46. The van der Waals surface area contributed by atoms with Crippen molar-refractivity contribution in [2.24, 2.45) is 0 Å². The van der Waals surface area contributed by atoms with E-state index in [0.717, 1.165) is 30.6 Å². The maximum Gasteiger partial charge on any atom is 0.278 e. The van der Waals surface area contributed by atoms with Crippen molar-refractivity contribution in [3.05, 3.63) is 28.1 Å². The quantitative estimate of drug-likeness (QED) is 0.838. The molecule has 1 saturated carbocycles. The lowest BCUT2D eigenvalue weighted by Crippen LogP contribution is -2.43. The molecule has 2 heterocycles. The van der Waals surface area contributed by atoms with E-state index in [1.54, 1.807) is 11.9 Å². The van der Waals surface area contributed by atoms with Crippen LogP contribution < -0.4 is 0 Å². The number of aliphatic hydroxyl groups is 1. The Balaban J connectivity index is 1.98. The predicted molar refractivity (Wildman–Crippen MR) is 89.7 cm³/mol. The fourth-order valence-corrected chi connectivity index (χ4v) is 4.23. The normalized spacial score (nSPS) is 19.8. The van der Waals surface area contributed by atoms with E-state index in [-0.39, 0.29) is 24.5 Å². The largest absolute Gasteiger partial charge is 0.395 e. The minimum atomic E-state index is -0.207. The highest BCUT2D eigenvalue weighted by Crippen LogP contribution is 2.36. The summed E-state index contributed by atoms with van der Waals surface area (Å²) in [6, 6.07) is 3.78. The van der Waals surface area contributed by atoms with Gasteiger partial charge in [-0.05, 0) is 24.3 Å². The molecule has 1 aromatic rings. The van der Waals surface area contributed by atoms with E-state index in [0.29, 0.717) is 17.8 Å². The highest BCUT2D eigenvalue weighted by Gasteiger charge is 2.44. The van der Waals surface area contributed by atoms with Gasteiger partial charge in [0.1, 0.15) is 5.70 Å². The molecule has 3 rings (SSSR count). The van der Waals surface area contributed by atoms with Crippen molar-refractivity contribution in [1.82, 2.24) is 9.80 Å². The smallest absolute Gasteiger partial charge is 0.278 e. The monoisotopic (exact) mass is 334 g/mol. The van der Waals surface area contributed by atoms with Crippen LogP contribution in [0.1, 0.15) is 37.0 Å². The SMILES string of the molecule is CN(CCO)C1=C(c2cccs2)C(=O)N(C2CCCCC2)C1=O. The van der Waals surface area contributed by atoms with Gasteiger partial charge in [0, 0.05) is 24.5 Å². The molecule has 23 heavy (non-hydrogen) atoms. The van der Waals surface area contributed by atoms with Gasteiger partial charge in [-0.25, -0.2) is 0 Å². The number of amides is 2. The van der Waals surface area contributed by atoms with Crippen LogP contribution in [0.2, 0.25) is 0 Å². The van der Waals surface area contributed by atoms with Crippen LogP contribution in [0.3, 0.4) is 0 Å². The third kappa shape index (κ3) is 2.93. The summed E-state index contributed by atoms with van der Waals surface area (Å²) < 4.78 is 0. The topological polar surface area (TPSA) is 60.9 Å². The van der Waals surface area contributed by atoms with Crippen LogP contribution in [0.5, 0.6) is 0 Å². The average Bonchev–Trinajstić information content (AvgIpc) is 3.14. The lowest BCUT2D eigenvalue weighted by atomic mass is 9.94. The average molecular weight is 334 g/mol. The number of imide groups is 1. The molecule has 1 N–H and O–H groups in total. The van der Waals surface area contributed by atoms with E-state index in [9.17, 15) is 14.7 Å². The Bertz CT molecular complexity index is 618. The Morgan fingerprint density at radius 1 is 1.26 bits per heavy atom. The van der Waals surface area contributed by atoms with Gasteiger partial charge >= 0.3 is 0 Å². The Hall–Kier alpha value is -1.66. The van der Waals surface area contributed by atoms with Gasteiger partial charge in [0.25, 0.3) is 11.8 Å². The van der Waals surface area contributed by atoms with Crippen LogP contribution in [0, 0.1) is 0 Å². The molecular formula is C17H22N2O3S. The Morgan fingerprint density at radius 3 is 2.61 bits per heavy atom. The van der Waals surface area contributed by atoms with Gasteiger partial charge < -0.3 is 10.0 Å². The van der Waals surface area contributed by atoms with Crippen molar-refractivity contribution in [2.45, 2.75) is 38.1 Å². The van der Waals surface area contributed by atoms with E-state index < -0.39 is 0 Å². The van der Waals surface area contributed by atoms with Crippen molar-refractivity contribution >= 4 is 28.7 Å². The number of thiophene rings is 1. The summed E-state index contributed by atoms with van der Waals surface area (Å²) in [4.78, 5) is 30.0. The minimum Gasteiger partial charge on any atom is -0.395 e. The molecule has 0 spiro atoms. The second kappa shape index (κ2) is 6.84. The fraction of sp³-hybridized carbons (Fsp3) is 0.529. The molecule has 6 heteroatoms. The molecule has 5 nitrogen and oxygen atoms in total. The van der Waals surface area contributed by atoms with Crippen molar-refractivity contribution < 1.29 is 14.7 Å². The lowest BCUT2D eigenvalue weighted by Gasteiger charge is -2.30. The molecule has 2 amide bonds. The van der Waals surface area contributed by atoms with Gasteiger partial charge in [-0.2, -0.15) is 0 Å². The number of hydrogen-bond donors (Lipinski definition) is 1. The molecule has 1 fully saturated rings. The maximum absolute atomic E-state index is 13.0. The summed E-state index contributed by atoms with van der Waals surface area (Å²) in [5, 5.41) is 11.1. The van der Waals surface area contributed by atoms with Gasteiger partial charge in [0.2, 0.25) is 0 Å². The molecule has 0 unspecified atom stereocenters. The van der Waals surface area contributed by atoms with Crippen molar-refractivity contribution in [2.75, 3.05) is 20.2 Å². The molecule has 2 aliphatic rings. The van der Waals surface area contributed by atoms with E-state index in [4.69, 9.17) is 0 Å². The summed E-state index contributed by atoms with van der Waals surface area (Å²) in [5.74, 6) is -0.384. The van der Waals surface area contributed by atoms with E-state index in [1.165, 1.54) is 22.7 Å². The summed E-state index contributed by atoms with van der Waals surface area (Å²) in [5.41, 5.74) is 0.920. The molecular weight excluding hydrogens is 312 g/mol. The Kier molecular flexibility index (Phi) is 4.82. The number of nitrogens with zero attached hydrogens (tertiary/aromatic N) is 2. The predicted octanol–water partition coefficient (Wildman–Crippen LogP) is 2.08. The number of rotatable bonds is 5. The second-order valence-corrected chi connectivity index (χ2v) is 7.07. The zero-order chi connectivity index (χ0) is 16.4. The minimum absolute atomic E-state index is 0.0127. The van der Waals surface area contributed by atoms with Gasteiger partial charge in [-0.15, -0.1) is 11.3 Å². The van der Waals surface area contributed by atoms with E-state index in [2.05, 4.69) is 0 Å². The summed E-state index contributed by atoms with van der Waals surface area (Å²) >= 11 is 1.47. The molecule has 0 aromatic carbocycles. The molecule has 0 radical (unpaired) electrons. The van der Waals surface area contributed by atoms with E-state index >= 15 is 0 Å². The van der Waals surface area contributed by atoms with Crippen molar-refractivity contribution in [3.8, 4) is 0 Å². The third-order valence-corrected chi connectivity index (χ3v) is 5.50. The highest BCUT2D eigenvalue weighted by atomic mass is 32.1. The van der Waals surface area contributed by atoms with Gasteiger partial charge in [-0.3, -0.25) is 14.5 Å². The zero-order valence-corrected chi connectivity index (χ0v) is 14.1. The van der Waals surface area contributed by atoms with Crippen LogP contribution in [0.15, 0.2) is 23.2 Å².